The first-order valence-corrected chi connectivity index (χ1v) is 13.3. The van der Waals surface area contributed by atoms with Gasteiger partial charge in [-0.3, -0.25) is 19.9 Å². The van der Waals surface area contributed by atoms with E-state index >= 15 is 0 Å². The molecule has 1 saturated carbocycles. The zero-order chi connectivity index (χ0) is 26.4. The van der Waals surface area contributed by atoms with Crippen molar-refractivity contribution in [3.8, 4) is 17.1 Å². The molecule has 3 aromatic rings. The summed E-state index contributed by atoms with van der Waals surface area (Å²) in [7, 11) is 1.88. The van der Waals surface area contributed by atoms with Crippen LogP contribution in [0, 0.1) is 11.7 Å². The number of hydrogen-bond donors (Lipinski definition) is 1. The van der Waals surface area contributed by atoms with E-state index in [1.165, 1.54) is 17.2 Å². The third-order valence-corrected chi connectivity index (χ3v) is 8.06. The molecule has 1 aromatic heterocycles. The number of amides is 3. The third-order valence-electron chi connectivity index (χ3n) is 7.76. The van der Waals surface area contributed by atoms with Crippen LogP contribution in [0.5, 0.6) is 5.75 Å². The van der Waals surface area contributed by atoms with E-state index in [4.69, 9.17) is 16.3 Å². The molecular weight excluding hydrogens is 509 g/mol. The average molecular weight is 538 g/mol. The smallest absolute Gasteiger partial charge is 0.329 e. The zero-order valence-corrected chi connectivity index (χ0v) is 21.9. The highest BCUT2D eigenvalue weighted by atomic mass is 35.5. The fourth-order valence-electron chi connectivity index (χ4n) is 5.86. The van der Waals surface area contributed by atoms with Gasteiger partial charge in [-0.25, -0.2) is 14.2 Å². The van der Waals surface area contributed by atoms with Gasteiger partial charge in [0.25, 0.3) is 0 Å². The Morgan fingerprint density at radius 3 is 2.82 bits per heavy atom. The lowest BCUT2D eigenvalue weighted by atomic mass is 10.1. The number of fused-ring (bicyclic) bond motifs is 1. The molecule has 2 fully saturated rings. The number of hydrogen-bond acceptors (Lipinski definition) is 5. The summed E-state index contributed by atoms with van der Waals surface area (Å²) in [5.41, 5.74) is 3.57. The second-order valence-electron chi connectivity index (χ2n) is 10.4. The molecule has 2 atom stereocenters. The number of benzene rings is 2. The van der Waals surface area contributed by atoms with Crippen LogP contribution >= 0.6 is 11.6 Å². The molecule has 2 aromatic carbocycles. The van der Waals surface area contributed by atoms with E-state index in [0.717, 1.165) is 50.3 Å². The number of anilines is 1. The molecule has 3 aliphatic rings. The Bertz CT molecular complexity index is 1390. The van der Waals surface area contributed by atoms with Crippen LogP contribution in [0.4, 0.5) is 15.0 Å². The van der Waals surface area contributed by atoms with E-state index < -0.39 is 11.8 Å². The maximum absolute atomic E-state index is 14.1. The summed E-state index contributed by atoms with van der Waals surface area (Å²) >= 11 is 6.14. The topological polar surface area (TPSA) is 79.7 Å². The molecule has 0 unspecified atom stereocenters. The molecule has 0 radical (unpaired) electrons. The molecule has 1 saturated heterocycles. The van der Waals surface area contributed by atoms with Crippen molar-refractivity contribution >= 4 is 29.4 Å². The molecule has 3 amide bonds. The minimum Gasteiger partial charge on any atom is -0.486 e. The van der Waals surface area contributed by atoms with Gasteiger partial charge in [0.05, 0.1) is 17.3 Å². The monoisotopic (exact) mass is 537 g/mol. The van der Waals surface area contributed by atoms with Crippen LogP contribution < -0.4 is 15.0 Å². The molecule has 1 aliphatic carbocycles. The Kier molecular flexibility index (Phi) is 6.57. The summed E-state index contributed by atoms with van der Waals surface area (Å²) in [5, 5.41) is 2.68. The summed E-state index contributed by atoms with van der Waals surface area (Å²) in [6.07, 6.45) is 4.74. The number of carbonyl (C=O) groups excluding carboxylic acids is 2. The Hall–Kier alpha value is -3.43. The Morgan fingerprint density at radius 1 is 1.16 bits per heavy atom. The predicted molar refractivity (Wildman–Crippen MR) is 141 cm³/mol. The van der Waals surface area contributed by atoms with Crippen LogP contribution in [0.25, 0.3) is 11.4 Å². The van der Waals surface area contributed by atoms with Crippen molar-refractivity contribution in [1.82, 2.24) is 19.8 Å². The summed E-state index contributed by atoms with van der Waals surface area (Å²) in [5.74, 6) is 1.40. The van der Waals surface area contributed by atoms with Gasteiger partial charge in [0.15, 0.2) is 11.6 Å². The van der Waals surface area contributed by atoms with Crippen molar-refractivity contribution in [2.24, 2.45) is 13.0 Å². The number of urea groups is 1. The second kappa shape index (κ2) is 10.0. The molecule has 8 nitrogen and oxygen atoms in total. The van der Waals surface area contributed by atoms with Gasteiger partial charge in [-0.15, -0.1) is 0 Å². The second-order valence-corrected chi connectivity index (χ2v) is 10.8. The molecule has 1 N–H and O–H groups in total. The highest BCUT2D eigenvalue weighted by Gasteiger charge is 2.31. The number of halogens is 2. The van der Waals surface area contributed by atoms with E-state index in [1.807, 2.05) is 11.6 Å². The Balaban J connectivity index is 1.09. The molecule has 38 heavy (non-hydrogen) atoms. The molecule has 2 aliphatic heterocycles. The van der Waals surface area contributed by atoms with E-state index in [0.29, 0.717) is 23.3 Å². The summed E-state index contributed by atoms with van der Waals surface area (Å²) in [6.45, 7) is 3.05. The maximum Gasteiger partial charge on any atom is 0.329 e. The molecule has 0 bridgehead atoms. The number of rotatable bonds is 6. The van der Waals surface area contributed by atoms with Crippen molar-refractivity contribution in [2.75, 3.05) is 18.0 Å². The number of nitrogens with zero attached hydrogens (tertiary/aromatic N) is 4. The van der Waals surface area contributed by atoms with Gasteiger partial charge in [0.1, 0.15) is 11.6 Å². The molecule has 10 heteroatoms. The third kappa shape index (κ3) is 4.76. The Labute approximate surface area is 225 Å². The first-order valence-electron chi connectivity index (χ1n) is 12.9. The number of nitrogens with one attached hydrogen (secondary N) is 1. The molecule has 6 rings (SSSR count). The number of imide groups is 1. The van der Waals surface area contributed by atoms with E-state index in [2.05, 4.69) is 33.4 Å². The van der Waals surface area contributed by atoms with Crippen LogP contribution in [0.1, 0.15) is 36.8 Å². The van der Waals surface area contributed by atoms with E-state index in [-0.39, 0.29) is 24.2 Å². The van der Waals surface area contributed by atoms with Crippen molar-refractivity contribution < 1.29 is 18.7 Å². The zero-order valence-electron chi connectivity index (χ0n) is 21.1. The molecular formula is C28H29ClFN5O3. The fraction of sp³-hybridized carbons (Fsp3) is 0.393. The standard InChI is InChI=1S/C28H29ClFN5O3/c1-33-25(35-10-9-24(36)32-28(35)37)13-31-27(33)18-6-7-19-15-34(16-20(19)12-18)14-17-5-8-21(11-17)38-26-22(29)3-2-4-23(26)30/h2-4,6-7,12-13,17,21H,5,8-11,14-16H2,1H3,(H,32,36,37)/t17-,21-/m0/s1. The number of para-hydroxylation sites is 1. The summed E-state index contributed by atoms with van der Waals surface area (Å²) in [6, 6.07) is 10.6. The highest BCUT2D eigenvalue weighted by Crippen LogP contribution is 2.36. The maximum atomic E-state index is 14.1. The van der Waals surface area contributed by atoms with Crippen molar-refractivity contribution in [3.05, 3.63) is 64.6 Å². The summed E-state index contributed by atoms with van der Waals surface area (Å²) in [4.78, 5) is 32.4. The lowest BCUT2D eigenvalue weighted by Crippen LogP contribution is -2.50. The fourth-order valence-corrected chi connectivity index (χ4v) is 6.07. The number of carbonyl (C=O) groups is 2. The largest absolute Gasteiger partial charge is 0.486 e. The van der Waals surface area contributed by atoms with E-state index in [1.54, 1.807) is 23.2 Å². The summed E-state index contributed by atoms with van der Waals surface area (Å²) < 4.78 is 22.0. The Morgan fingerprint density at radius 2 is 2.00 bits per heavy atom. The quantitative estimate of drug-likeness (QED) is 0.484. The predicted octanol–water partition coefficient (Wildman–Crippen LogP) is 4.89. The van der Waals surface area contributed by atoms with Gasteiger partial charge < -0.3 is 9.30 Å². The van der Waals surface area contributed by atoms with Crippen LogP contribution in [0.15, 0.2) is 42.6 Å². The van der Waals surface area contributed by atoms with Gasteiger partial charge in [0.2, 0.25) is 5.91 Å². The first-order chi connectivity index (χ1) is 18.4. The highest BCUT2D eigenvalue weighted by molar-refractivity contribution is 6.32. The van der Waals surface area contributed by atoms with Crippen LogP contribution in [-0.4, -0.2) is 45.6 Å². The van der Waals surface area contributed by atoms with Crippen LogP contribution in [0.2, 0.25) is 5.02 Å². The van der Waals surface area contributed by atoms with Gasteiger partial charge in [-0.2, -0.15) is 0 Å². The van der Waals surface area contributed by atoms with Gasteiger partial charge in [-0.05, 0) is 54.5 Å². The first kappa shape index (κ1) is 24.9. The van der Waals surface area contributed by atoms with Gasteiger partial charge in [0, 0.05) is 45.2 Å². The lowest BCUT2D eigenvalue weighted by molar-refractivity contribution is -0.120. The van der Waals surface area contributed by atoms with Gasteiger partial charge >= 0.3 is 6.03 Å². The minimum atomic E-state index is -0.419. The van der Waals surface area contributed by atoms with Gasteiger partial charge in [-0.1, -0.05) is 29.8 Å². The molecule has 198 valence electrons. The van der Waals surface area contributed by atoms with E-state index in [9.17, 15) is 14.0 Å². The van der Waals surface area contributed by atoms with Crippen molar-refractivity contribution in [1.29, 1.82) is 0 Å². The lowest BCUT2D eigenvalue weighted by Gasteiger charge is -2.26. The number of aromatic nitrogens is 2. The normalized spacial score (nSPS) is 21.6. The average Bonchev–Trinajstić information content (AvgIpc) is 3.60. The number of ether oxygens (including phenoxy) is 1. The number of imidazole rings is 1. The molecule has 3 heterocycles. The molecule has 0 spiro atoms. The van der Waals surface area contributed by atoms with Crippen molar-refractivity contribution in [3.63, 3.8) is 0 Å². The van der Waals surface area contributed by atoms with Crippen LogP contribution in [0.3, 0.4) is 0 Å². The minimum absolute atomic E-state index is 0.0244. The SMILES string of the molecule is Cn1c(N2CCC(=O)NC2=O)cnc1-c1ccc2c(c1)CN(C[C@H]1CC[C@H](Oc3c(F)cccc3Cl)C1)C2. The van der Waals surface area contributed by atoms with Crippen LogP contribution in [-0.2, 0) is 24.9 Å². The van der Waals surface area contributed by atoms with Crippen molar-refractivity contribution in [2.45, 2.75) is 44.9 Å².